The van der Waals surface area contributed by atoms with E-state index in [-0.39, 0.29) is 13.2 Å². The molecule has 0 saturated carbocycles. The third-order valence-corrected chi connectivity index (χ3v) is 3.20. The molecule has 0 spiro atoms. The maximum absolute atomic E-state index is 11.8. The van der Waals surface area contributed by atoms with Gasteiger partial charge in [-0.3, -0.25) is 4.18 Å². The predicted octanol–water partition coefficient (Wildman–Crippen LogP) is 2.07. The molecule has 0 aromatic heterocycles. The summed E-state index contributed by atoms with van der Waals surface area (Å²) in [6.45, 7) is 5.41. The minimum Gasteiger partial charge on any atom is -0.444 e. The highest BCUT2D eigenvalue weighted by atomic mass is 32.2. The summed E-state index contributed by atoms with van der Waals surface area (Å²) in [5, 5.41) is 2.56. The fraction of sp³-hybridized carbons (Fsp3) is 0.562. The summed E-state index contributed by atoms with van der Waals surface area (Å²) in [5.41, 5.74) is 0.314. The minimum absolute atomic E-state index is 0.0870. The lowest BCUT2D eigenvalue weighted by molar-refractivity contribution is 0.0384. The first-order chi connectivity index (χ1) is 11.1. The molecule has 0 unspecified atom stereocenters. The van der Waals surface area contributed by atoms with Crippen LogP contribution in [-0.4, -0.2) is 45.6 Å². The highest BCUT2D eigenvalue weighted by Crippen LogP contribution is 2.07. The second-order valence-electron chi connectivity index (χ2n) is 6.33. The van der Waals surface area contributed by atoms with Gasteiger partial charge in [-0.1, -0.05) is 30.3 Å². The maximum Gasteiger partial charge on any atom is 0.408 e. The lowest BCUT2D eigenvalue weighted by Crippen LogP contribution is -2.44. The molecule has 0 aliphatic heterocycles. The minimum atomic E-state index is -3.61. The fourth-order valence-corrected chi connectivity index (χ4v) is 2.12. The average Bonchev–Trinajstić information content (AvgIpc) is 2.43. The summed E-state index contributed by atoms with van der Waals surface area (Å²) >= 11 is 0. The van der Waals surface area contributed by atoms with Crippen LogP contribution in [0.25, 0.3) is 0 Å². The van der Waals surface area contributed by atoms with Gasteiger partial charge in [0.25, 0.3) is 10.1 Å². The fourth-order valence-electron chi connectivity index (χ4n) is 1.70. The zero-order valence-corrected chi connectivity index (χ0v) is 15.3. The third-order valence-electron chi connectivity index (χ3n) is 2.63. The SMILES string of the molecule is CC(C)(C)OC(=O)N[C@@H](COCc1ccccc1)COS(C)(=O)=O. The standard InChI is InChI=1S/C16H25NO6S/c1-16(2,3)23-15(18)17-14(12-22-24(4,19)20)11-21-10-13-8-6-5-7-9-13/h5-9,14H,10-12H2,1-4H3,(H,17,18)/t14-/m0/s1. The lowest BCUT2D eigenvalue weighted by atomic mass is 10.2. The quantitative estimate of drug-likeness (QED) is 0.715. The molecule has 7 nitrogen and oxygen atoms in total. The van der Waals surface area contributed by atoms with Gasteiger partial charge in [-0.25, -0.2) is 4.79 Å². The van der Waals surface area contributed by atoms with Gasteiger partial charge in [0.15, 0.2) is 0 Å². The first-order valence-corrected chi connectivity index (χ1v) is 9.32. The summed E-state index contributed by atoms with van der Waals surface area (Å²) < 4.78 is 37.7. The van der Waals surface area contributed by atoms with Gasteiger partial charge in [-0.2, -0.15) is 8.42 Å². The molecule has 0 fully saturated rings. The number of nitrogens with one attached hydrogen (secondary N) is 1. The number of hydrogen-bond acceptors (Lipinski definition) is 6. The molecule has 1 amide bonds. The van der Waals surface area contributed by atoms with Crippen LogP contribution in [0.3, 0.4) is 0 Å². The average molecular weight is 359 g/mol. The van der Waals surface area contributed by atoms with E-state index < -0.39 is 27.9 Å². The van der Waals surface area contributed by atoms with Crippen LogP contribution in [-0.2, 0) is 30.4 Å². The molecule has 1 N–H and O–H groups in total. The van der Waals surface area contributed by atoms with Crippen LogP contribution < -0.4 is 5.32 Å². The predicted molar refractivity (Wildman–Crippen MR) is 90.1 cm³/mol. The lowest BCUT2D eigenvalue weighted by Gasteiger charge is -2.23. The number of carbonyl (C=O) groups excluding carboxylic acids is 1. The Morgan fingerprint density at radius 3 is 2.33 bits per heavy atom. The van der Waals surface area contributed by atoms with E-state index in [1.54, 1.807) is 20.8 Å². The zero-order chi connectivity index (χ0) is 18.2. The van der Waals surface area contributed by atoms with Gasteiger partial charge >= 0.3 is 6.09 Å². The molecule has 8 heteroatoms. The summed E-state index contributed by atoms with van der Waals surface area (Å²) in [6.07, 6.45) is 0.287. The van der Waals surface area contributed by atoms with Crippen molar-refractivity contribution in [2.75, 3.05) is 19.5 Å². The number of carbonyl (C=O) groups is 1. The largest absolute Gasteiger partial charge is 0.444 e. The molecule has 24 heavy (non-hydrogen) atoms. The van der Waals surface area contributed by atoms with Gasteiger partial charge in [-0.15, -0.1) is 0 Å². The van der Waals surface area contributed by atoms with Crippen LogP contribution in [0.5, 0.6) is 0 Å². The number of rotatable bonds is 8. The van der Waals surface area contributed by atoms with Gasteiger partial charge < -0.3 is 14.8 Å². The molecule has 0 aliphatic rings. The Hall–Kier alpha value is -1.64. The van der Waals surface area contributed by atoms with E-state index in [9.17, 15) is 13.2 Å². The Bertz CT molecular complexity index is 609. The summed E-state index contributed by atoms with van der Waals surface area (Å²) in [4.78, 5) is 11.8. The molecule has 0 saturated heterocycles. The Balaban J connectivity index is 2.55. The van der Waals surface area contributed by atoms with Gasteiger partial charge in [0.1, 0.15) is 5.60 Å². The van der Waals surface area contributed by atoms with Crippen LogP contribution >= 0.6 is 0 Å². The first kappa shape index (κ1) is 20.4. The van der Waals surface area contributed by atoms with Gasteiger partial charge in [0, 0.05) is 0 Å². The van der Waals surface area contributed by atoms with Crippen LogP contribution in [0.15, 0.2) is 30.3 Å². The summed E-state index contributed by atoms with van der Waals surface area (Å²) in [5.74, 6) is 0. The Morgan fingerprint density at radius 2 is 1.79 bits per heavy atom. The van der Waals surface area contributed by atoms with Gasteiger partial charge in [0.05, 0.1) is 32.1 Å². The summed E-state index contributed by atoms with van der Waals surface area (Å²) in [6, 6.07) is 8.84. The molecular formula is C16H25NO6S. The molecule has 0 bridgehead atoms. The van der Waals surface area contributed by atoms with Crippen LogP contribution in [0.1, 0.15) is 26.3 Å². The van der Waals surface area contributed by atoms with E-state index in [2.05, 4.69) is 5.32 Å². The van der Waals surface area contributed by atoms with Crippen LogP contribution in [0.2, 0.25) is 0 Å². The number of ether oxygens (including phenoxy) is 2. The second-order valence-corrected chi connectivity index (χ2v) is 7.98. The Morgan fingerprint density at radius 1 is 1.17 bits per heavy atom. The number of amides is 1. The number of alkyl carbamates (subject to hydrolysis) is 1. The Kier molecular flexibility index (Phi) is 7.65. The molecule has 0 radical (unpaired) electrons. The second kappa shape index (κ2) is 9.00. The topological polar surface area (TPSA) is 90.9 Å². The molecule has 136 valence electrons. The van der Waals surface area contributed by atoms with Crippen LogP contribution in [0.4, 0.5) is 4.79 Å². The molecule has 0 heterocycles. The van der Waals surface area contributed by atoms with E-state index in [0.29, 0.717) is 6.61 Å². The zero-order valence-electron chi connectivity index (χ0n) is 14.4. The maximum atomic E-state index is 11.8. The molecule has 0 aliphatic carbocycles. The van der Waals surface area contributed by atoms with Crippen molar-refractivity contribution in [2.24, 2.45) is 0 Å². The van der Waals surface area contributed by atoms with Crippen molar-refractivity contribution in [3.63, 3.8) is 0 Å². The van der Waals surface area contributed by atoms with E-state index in [0.717, 1.165) is 11.8 Å². The van der Waals surface area contributed by atoms with E-state index in [4.69, 9.17) is 13.7 Å². The van der Waals surface area contributed by atoms with Gasteiger partial charge in [-0.05, 0) is 26.3 Å². The van der Waals surface area contributed by atoms with E-state index in [1.165, 1.54) is 0 Å². The van der Waals surface area contributed by atoms with E-state index in [1.807, 2.05) is 30.3 Å². The van der Waals surface area contributed by atoms with Crippen molar-refractivity contribution >= 4 is 16.2 Å². The molecule has 1 atom stereocenters. The van der Waals surface area contributed by atoms with Crippen molar-refractivity contribution < 1.29 is 26.9 Å². The molecule has 1 rings (SSSR count). The van der Waals surface area contributed by atoms with Crippen molar-refractivity contribution in [2.45, 2.75) is 39.0 Å². The number of hydrogen-bond donors (Lipinski definition) is 1. The highest BCUT2D eigenvalue weighted by molar-refractivity contribution is 7.85. The summed E-state index contributed by atoms with van der Waals surface area (Å²) in [7, 11) is -3.61. The molecule has 1 aromatic rings. The van der Waals surface area contributed by atoms with Crippen LogP contribution in [0, 0.1) is 0 Å². The van der Waals surface area contributed by atoms with Crippen molar-refractivity contribution in [3.8, 4) is 0 Å². The molecule has 1 aromatic carbocycles. The van der Waals surface area contributed by atoms with Crippen molar-refractivity contribution in [1.29, 1.82) is 0 Å². The Labute approximate surface area is 143 Å². The monoisotopic (exact) mass is 359 g/mol. The highest BCUT2D eigenvalue weighted by Gasteiger charge is 2.21. The number of benzene rings is 1. The van der Waals surface area contributed by atoms with Crippen molar-refractivity contribution in [3.05, 3.63) is 35.9 Å². The molecular weight excluding hydrogens is 334 g/mol. The first-order valence-electron chi connectivity index (χ1n) is 7.51. The normalized spacial score (nSPS) is 13.3. The smallest absolute Gasteiger partial charge is 0.408 e. The van der Waals surface area contributed by atoms with Gasteiger partial charge in [0.2, 0.25) is 0 Å². The van der Waals surface area contributed by atoms with Crippen molar-refractivity contribution in [1.82, 2.24) is 5.32 Å². The third kappa shape index (κ3) is 10.2. The van der Waals surface area contributed by atoms with E-state index >= 15 is 0 Å².